The van der Waals surface area contributed by atoms with Crippen molar-refractivity contribution in [3.8, 4) is 0 Å². The largest absolute Gasteiger partial charge is 0.481 e. The summed E-state index contributed by atoms with van der Waals surface area (Å²) in [6.45, 7) is 0.536. The second-order valence-electron chi connectivity index (χ2n) is 5.75. The van der Waals surface area contributed by atoms with Crippen LogP contribution in [-0.2, 0) is 9.59 Å². The molecule has 2 fully saturated rings. The normalized spacial score (nSPS) is 29.0. The maximum atomic E-state index is 12.4. The van der Waals surface area contributed by atoms with Gasteiger partial charge in [0.25, 0.3) is 0 Å². The molecule has 0 aromatic carbocycles. The summed E-state index contributed by atoms with van der Waals surface area (Å²) in [4.78, 5) is 37.0. The standard InChI is InChI=1S/C14H23N3O4/c1-15-12(18)11-7-2-3-8-17(11)14(21)16-10-6-4-5-9(10)13(19)20/h9-11H,2-8H2,1H3,(H,15,18)(H,16,21)(H,19,20). The second-order valence-corrected chi connectivity index (χ2v) is 5.75. The quantitative estimate of drug-likeness (QED) is 0.708. The molecular weight excluding hydrogens is 274 g/mol. The van der Waals surface area contributed by atoms with Crippen LogP contribution >= 0.6 is 0 Å². The number of amides is 3. The first-order valence-corrected chi connectivity index (χ1v) is 7.56. The highest BCUT2D eigenvalue weighted by Crippen LogP contribution is 2.26. The predicted molar refractivity (Wildman–Crippen MR) is 75.7 cm³/mol. The number of carbonyl (C=O) groups excluding carboxylic acids is 2. The van der Waals surface area contributed by atoms with Crippen LogP contribution in [0.3, 0.4) is 0 Å². The summed E-state index contributed by atoms with van der Waals surface area (Å²) < 4.78 is 0. The van der Waals surface area contributed by atoms with Crippen LogP contribution in [0.1, 0.15) is 38.5 Å². The summed E-state index contributed by atoms with van der Waals surface area (Å²) in [6.07, 6.45) is 4.53. The van der Waals surface area contributed by atoms with Crippen molar-refractivity contribution >= 4 is 17.9 Å². The van der Waals surface area contributed by atoms with E-state index in [4.69, 9.17) is 5.11 Å². The number of rotatable bonds is 3. The van der Waals surface area contributed by atoms with Gasteiger partial charge in [-0.2, -0.15) is 0 Å². The predicted octanol–water partition coefficient (Wildman–Crippen LogP) is 0.550. The molecule has 1 saturated carbocycles. The van der Waals surface area contributed by atoms with E-state index in [0.29, 0.717) is 25.8 Å². The third-order valence-corrected chi connectivity index (χ3v) is 4.45. The van der Waals surface area contributed by atoms with Crippen LogP contribution in [-0.4, -0.2) is 53.6 Å². The van der Waals surface area contributed by atoms with Gasteiger partial charge in [-0.15, -0.1) is 0 Å². The Hall–Kier alpha value is -1.79. The number of carboxylic acids is 1. The van der Waals surface area contributed by atoms with Gasteiger partial charge in [-0.25, -0.2) is 4.79 Å². The van der Waals surface area contributed by atoms with Crippen LogP contribution < -0.4 is 10.6 Å². The first kappa shape index (κ1) is 15.6. The zero-order chi connectivity index (χ0) is 15.4. The molecule has 3 amide bonds. The Morgan fingerprint density at radius 3 is 2.52 bits per heavy atom. The Balaban J connectivity index is 2.00. The molecule has 1 saturated heterocycles. The number of hydrogen-bond donors (Lipinski definition) is 3. The molecule has 3 unspecified atom stereocenters. The van der Waals surface area contributed by atoms with Crippen molar-refractivity contribution in [2.45, 2.75) is 50.6 Å². The van der Waals surface area contributed by atoms with Gasteiger partial charge in [0, 0.05) is 19.6 Å². The van der Waals surface area contributed by atoms with Crippen LogP contribution in [0.4, 0.5) is 4.79 Å². The maximum Gasteiger partial charge on any atom is 0.318 e. The van der Waals surface area contributed by atoms with Gasteiger partial charge in [-0.3, -0.25) is 9.59 Å². The van der Waals surface area contributed by atoms with Crippen molar-refractivity contribution in [3.05, 3.63) is 0 Å². The molecule has 1 aliphatic heterocycles. The summed E-state index contributed by atoms with van der Waals surface area (Å²) in [6, 6.07) is -1.10. The molecule has 2 rings (SSSR count). The number of urea groups is 1. The minimum atomic E-state index is -0.862. The molecule has 7 nitrogen and oxygen atoms in total. The van der Waals surface area contributed by atoms with Crippen molar-refractivity contribution in [1.82, 2.24) is 15.5 Å². The Morgan fingerprint density at radius 1 is 1.10 bits per heavy atom. The Labute approximate surface area is 124 Å². The average Bonchev–Trinajstić information content (AvgIpc) is 2.94. The van der Waals surface area contributed by atoms with Crippen molar-refractivity contribution in [2.24, 2.45) is 5.92 Å². The van der Waals surface area contributed by atoms with E-state index >= 15 is 0 Å². The van der Waals surface area contributed by atoms with Crippen LogP contribution in [0, 0.1) is 5.92 Å². The molecule has 3 atom stereocenters. The number of aliphatic carboxylic acids is 1. The van der Waals surface area contributed by atoms with E-state index in [1.807, 2.05) is 0 Å². The first-order chi connectivity index (χ1) is 10.0. The van der Waals surface area contributed by atoms with E-state index < -0.39 is 17.9 Å². The van der Waals surface area contributed by atoms with E-state index in [0.717, 1.165) is 19.3 Å². The Bertz CT molecular complexity index is 426. The number of nitrogens with one attached hydrogen (secondary N) is 2. The molecular formula is C14H23N3O4. The highest BCUT2D eigenvalue weighted by Gasteiger charge is 2.37. The zero-order valence-corrected chi connectivity index (χ0v) is 12.3. The minimum absolute atomic E-state index is 0.161. The van der Waals surface area contributed by atoms with Gasteiger partial charge in [0.05, 0.1) is 5.92 Å². The SMILES string of the molecule is CNC(=O)C1CCCCN1C(=O)NC1CCCC1C(=O)O. The molecule has 7 heteroatoms. The van der Waals surface area contributed by atoms with Gasteiger partial charge in [0.2, 0.25) is 5.91 Å². The van der Waals surface area contributed by atoms with E-state index in [2.05, 4.69) is 10.6 Å². The van der Waals surface area contributed by atoms with Crippen molar-refractivity contribution in [1.29, 1.82) is 0 Å². The van der Waals surface area contributed by atoms with Crippen LogP contribution in [0.15, 0.2) is 0 Å². The number of piperidine rings is 1. The average molecular weight is 297 g/mol. The lowest BCUT2D eigenvalue weighted by atomic mass is 10.0. The molecule has 0 spiro atoms. The highest BCUT2D eigenvalue weighted by atomic mass is 16.4. The zero-order valence-electron chi connectivity index (χ0n) is 12.3. The summed E-state index contributed by atoms with van der Waals surface area (Å²) in [5.74, 6) is -1.54. The number of likely N-dealkylation sites (N-methyl/N-ethyl adjacent to an activating group) is 1. The van der Waals surface area contributed by atoms with E-state index in [-0.39, 0.29) is 18.0 Å². The van der Waals surface area contributed by atoms with Gasteiger partial charge >= 0.3 is 12.0 Å². The van der Waals surface area contributed by atoms with Crippen LogP contribution in [0.5, 0.6) is 0 Å². The number of carbonyl (C=O) groups is 3. The van der Waals surface area contributed by atoms with Crippen molar-refractivity contribution in [3.63, 3.8) is 0 Å². The minimum Gasteiger partial charge on any atom is -0.481 e. The van der Waals surface area contributed by atoms with Gasteiger partial charge in [0.15, 0.2) is 0 Å². The molecule has 0 bridgehead atoms. The fourth-order valence-electron chi connectivity index (χ4n) is 3.28. The van der Waals surface area contributed by atoms with Crippen molar-refractivity contribution < 1.29 is 19.5 Å². The van der Waals surface area contributed by atoms with E-state index in [1.165, 1.54) is 0 Å². The lowest BCUT2D eigenvalue weighted by Crippen LogP contribution is -2.56. The first-order valence-electron chi connectivity index (χ1n) is 7.56. The summed E-state index contributed by atoms with van der Waals surface area (Å²) >= 11 is 0. The smallest absolute Gasteiger partial charge is 0.318 e. The Morgan fingerprint density at radius 2 is 1.86 bits per heavy atom. The molecule has 0 aromatic heterocycles. The van der Waals surface area contributed by atoms with Gasteiger partial charge in [-0.05, 0) is 32.1 Å². The topological polar surface area (TPSA) is 98.7 Å². The lowest BCUT2D eigenvalue weighted by Gasteiger charge is -2.35. The third kappa shape index (κ3) is 3.46. The summed E-state index contributed by atoms with van der Waals surface area (Å²) in [5, 5.41) is 14.6. The fraction of sp³-hybridized carbons (Fsp3) is 0.786. The van der Waals surface area contributed by atoms with Crippen LogP contribution in [0.25, 0.3) is 0 Å². The Kier molecular flexibility index (Phi) is 5.03. The number of nitrogens with zero attached hydrogens (tertiary/aromatic N) is 1. The van der Waals surface area contributed by atoms with E-state index in [9.17, 15) is 14.4 Å². The molecule has 21 heavy (non-hydrogen) atoms. The molecule has 118 valence electrons. The van der Waals surface area contributed by atoms with E-state index in [1.54, 1.807) is 11.9 Å². The summed E-state index contributed by atoms with van der Waals surface area (Å²) in [5.41, 5.74) is 0. The number of hydrogen-bond acceptors (Lipinski definition) is 3. The number of likely N-dealkylation sites (tertiary alicyclic amines) is 1. The second kappa shape index (κ2) is 6.78. The maximum absolute atomic E-state index is 12.4. The summed E-state index contributed by atoms with van der Waals surface area (Å²) in [7, 11) is 1.56. The molecule has 1 heterocycles. The van der Waals surface area contributed by atoms with Gasteiger partial charge in [0.1, 0.15) is 6.04 Å². The van der Waals surface area contributed by atoms with Gasteiger partial charge < -0.3 is 20.6 Å². The molecule has 3 N–H and O–H groups in total. The third-order valence-electron chi connectivity index (χ3n) is 4.45. The van der Waals surface area contributed by atoms with Crippen LogP contribution in [0.2, 0.25) is 0 Å². The van der Waals surface area contributed by atoms with Gasteiger partial charge in [-0.1, -0.05) is 6.42 Å². The monoisotopic (exact) mass is 297 g/mol. The molecule has 0 aromatic rings. The fourth-order valence-corrected chi connectivity index (χ4v) is 3.28. The molecule has 2 aliphatic rings. The molecule has 0 radical (unpaired) electrons. The number of carboxylic acid groups (broad SMARTS) is 1. The highest BCUT2D eigenvalue weighted by molar-refractivity contribution is 5.87. The van der Waals surface area contributed by atoms with Crippen molar-refractivity contribution in [2.75, 3.05) is 13.6 Å². The molecule has 1 aliphatic carbocycles. The lowest BCUT2D eigenvalue weighted by molar-refractivity contribution is -0.142.